The first-order valence-corrected chi connectivity index (χ1v) is 13.0. The maximum atomic E-state index is 13.8. The molecule has 0 fully saturated rings. The quantitative estimate of drug-likeness (QED) is 0.382. The lowest BCUT2D eigenvalue weighted by atomic mass is 10.1. The van der Waals surface area contributed by atoms with Gasteiger partial charge in [-0.3, -0.25) is 0 Å². The van der Waals surface area contributed by atoms with Gasteiger partial charge in [0.1, 0.15) is 11.6 Å². The highest BCUT2D eigenvalue weighted by Gasteiger charge is 2.33. The summed E-state index contributed by atoms with van der Waals surface area (Å²) >= 11 is 0. The lowest BCUT2D eigenvalue weighted by Crippen LogP contribution is -2.28. The van der Waals surface area contributed by atoms with Crippen LogP contribution in [-0.2, 0) is 12.8 Å². The smallest absolute Gasteiger partial charge is 0.223 e. The first kappa shape index (κ1) is 23.6. The second-order valence-corrected chi connectivity index (χ2v) is 10.1. The van der Waals surface area contributed by atoms with Crippen molar-refractivity contribution in [1.29, 1.82) is 0 Å². The number of hydrogen-bond acceptors (Lipinski definition) is 6. The number of aromatic nitrogens is 4. The van der Waals surface area contributed by atoms with E-state index in [-0.39, 0.29) is 11.9 Å². The van der Waals surface area contributed by atoms with Crippen molar-refractivity contribution < 1.29 is 4.39 Å². The Kier molecular flexibility index (Phi) is 6.34. The van der Waals surface area contributed by atoms with Crippen LogP contribution in [0.25, 0.3) is 22.6 Å². The molecule has 4 aromatic rings. The van der Waals surface area contributed by atoms with Gasteiger partial charge in [0.05, 0.1) is 23.1 Å². The molecule has 7 nitrogen and oxygen atoms in total. The molecule has 0 radical (unpaired) electrons. The molecule has 0 bridgehead atoms. The van der Waals surface area contributed by atoms with Gasteiger partial charge in [-0.25, -0.2) is 19.3 Å². The van der Waals surface area contributed by atoms with Gasteiger partial charge in [0.15, 0.2) is 0 Å². The Morgan fingerprint density at radius 2 is 1.86 bits per heavy atom. The third kappa shape index (κ3) is 4.69. The van der Waals surface area contributed by atoms with Gasteiger partial charge in [-0.15, -0.1) is 0 Å². The molecule has 0 unspecified atom stereocenters. The average molecular weight is 498 g/mol. The van der Waals surface area contributed by atoms with Gasteiger partial charge < -0.3 is 19.7 Å². The van der Waals surface area contributed by atoms with Crippen LogP contribution in [0.1, 0.15) is 23.9 Å². The van der Waals surface area contributed by atoms with Crippen molar-refractivity contribution in [2.75, 3.05) is 50.5 Å². The second kappa shape index (κ2) is 9.94. The van der Waals surface area contributed by atoms with Crippen LogP contribution < -0.4 is 10.2 Å². The van der Waals surface area contributed by atoms with E-state index >= 15 is 0 Å². The van der Waals surface area contributed by atoms with Crippen LogP contribution >= 0.6 is 0 Å². The van der Waals surface area contributed by atoms with Gasteiger partial charge in [-0.2, -0.15) is 0 Å². The predicted octanol–water partition coefficient (Wildman–Crippen LogP) is 4.67. The molecule has 8 heteroatoms. The van der Waals surface area contributed by atoms with Crippen LogP contribution in [0.3, 0.4) is 0 Å². The minimum Gasteiger partial charge on any atom is -0.369 e. The number of benzene rings is 2. The van der Waals surface area contributed by atoms with Crippen molar-refractivity contribution in [1.82, 2.24) is 24.4 Å². The fraction of sp³-hybridized carbons (Fsp3) is 0.345. The van der Waals surface area contributed by atoms with Crippen molar-refractivity contribution in [2.45, 2.75) is 25.3 Å². The number of anilines is 2. The van der Waals surface area contributed by atoms with Crippen molar-refractivity contribution >= 4 is 11.6 Å². The molecule has 37 heavy (non-hydrogen) atoms. The minimum absolute atomic E-state index is 0.253. The van der Waals surface area contributed by atoms with Gasteiger partial charge >= 0.3 is 0 Å². The highest BCUT2D eigenvalue weighted by atomic mass is 19.1. The zero-order valence-electron chi connectivity index (χ0n) is 21.4. The standard InChI is InChI=1S/C29H32FN7/c1-35(2)18-16-32-29-31-15-13-24(33-29)28-27(21-7-9-22(30)10-8-21)34-26-12-11-23(37(26)28)19-36-17-14-20-5-3-4-6-25(20)36/h3-10,13,15,23H,11-12,14,16-19H2,1-2H3,(H,31,32,33)/t23-/m0/s1. The third-order valence-electron chi connectivity index (χ3n) is 7.32. The zero-order valence-corrected chi connectivity index (χ0v) is 21.4. The molecule has 0 spiro atoms. The van der Waals surface area contributed by atoms with Crippen LogP contribution in [0, 0.1) is 5.82 Å². The Labute approximate surface area is 217 Å². The molecule has 190 valence electrons. The van der Waals surface area contributed by atoms with Gasteiger partial charge in [0, 0.05) is 50.0 Å². The van der Waals surface area contributed by atoms with Gasteiger partial charge in [-0.1, -0.05) is 18.2 Å². The number of imidazole rings is 1. The van der Waals surface area contributed by atoms with Crippen LogP contribution in [-0.4, -0.2) is 64.7 Å². The second-order valence-electron chi connectivity index (χ2n) is 10.1. The molecule has 2 aromatic heterocycles. The summed E-state index contributed by atoms with van der Waals surface area (Å²) in [6, 6.07) is 17.5. The SMILES string of the molecule is CN(C)CCNc1nccc(-c2c(-c3ccc(F)cc3)nc3n2[C@H](CN2CCc4ccccc42)CC3)n1. The summed E-state index contributed by atoms with van der Waals surface area (Å²) in [5, 5.41) is 3.34. The highest BCUT2D eigenvalue weighted by Crippen LogP contribution is 2.40. The minimum atomic E-state index is -0.253. The molecule has 0 saturated carbocycles. The highest BCUT2D eigenvalue weighted by molar-refractivity contribution is 5.78. The maximum absolute atomic E-state index is 13.8. The van der Waals surface area contributed by atoms with Crippen LogP contribution in [0.4, 0.5) is 16.0 Å². The van der Waals surface area contributed by atoms with Gasteiger partial charge in [0.25, 0.3) is 0 Å². The summed E-state index contributed by atoms with van der Waals surface area (Å²) in [5.41, 5.74) is 6.31. The monoisotopic (exact) mass is 497 g/mol. The first-order chi connectivity index (χ1) is 18.1. The number of fused-ring (bicyclic) bond motifs is 2. The molecule has 0 saturated heterocycles. The molecule has 2 aliphatic heterocycles. The van der Waals surface area contributed by atoms with E-state index in [0.717, 1.165) is 73.9 Å². The largest absolute Gasteiger partial charge is 0.369 e. The lowest BCUT2D eigenvalue weighted by Gasteiger charge is -2.26. The number of halogens is 1. The van der Waals surface area contributed by atoms with Crippen molar-refractivity contribution in [3.63, 3.8) is 0 Å². The number of nitrogens with zero attached hydrogens (tertiary/aromatic N) is 6. The van der Waals surface area contributed by atoms with E-state index in [1.807, 2.05) is 20.2 Å². The van der Waals surface area contributed by atoms with Crippen LogP contribution in [0.2, 0.25) is 0 Å². The number of hydrogen-bond donors (Lipinski definition) is 1. The van der Waals surface area contributed by atoms with E-state index in [4.69, 9.17) is 9.97 Å². The van der Waals surface area contributed by atoms with Gasteiger partial charge in [-0.05, 0) is 68.9 Å². The lowest BCUT2D eigenvalue weighted by molar-refractivity contribution is 0.425. The Balaban J connectivity index is 1.39. The Hall–Kier alpha value is -3.78. The average Bonchev–Trinajstić information content (AvgIpc) is 3.59. The van der Waals surface area contributed by atoms with Gasteiger partial charge in [0.2, 0.25) is 5.95 Å². The molecular formula is C29H32FN7. The molecule has 4 heterocycles. The zero-order chi connectivity index (χ0) is 25.4. The number of rotatable bonds is 8. The molecule has 2 aliphatic rings. The Morgan fingerprint density at radius 3 is 2.70 bits per heavy atom. The Morgan fingerprint density at radius 1 is 1.03 bits per heavy atom. The van der Waals surface area contributed by atoms with Crippen LogP contribution in [0.5, 0.6) is 0 Å². The summed E-state index contributed by atoms with van der Waals surface area (Å²) in [4.78, 5) is 19.1. The van der Waals surface area contributed by atoms with Crippen LogP contribution in [0.15, 0.2) is 60.8 Å². The summed E-state index contributed by atoms with van der Waals surface area (Å²) in [6.07, 6.45) is 4.83. The maximum Gasteiger partial charge on any atom is 0.223 e. The third-order valence-corrected chi connectivity index (χ3v) is 7.32. The fourth-order valence-electron chi connectivity index (χ4n) is 5.52. The van der Waals surface area contributed by atoms with Crippen molar-refractivity contribution in [3.05, 3.63) is 78.0 Å². The van der Waals surface area contributed by atoms with E-state index < -0.39 is 0 Å². The van der Waals surface area contributed by atoms with Crippen molar-refractivity contribution in [3.8, 4) is 22.6 Å². The van der Waals surface area contributed by atoms with E-state index in [2.05, 4.69) is 48.9 Å². The summed E-state index contributed by atoms with van der Waals surface area (Å²) in [7, 11) is 4.09. The normalized spacial score (nSPS) is 16.3. The van der Waals surface area contributed by atoms with E-state index in [1.54, 1.807) is 18.3 Å². The van der Waals surface area contributed by atoms with E-state index in [0.29, 0.717) is 5.95 Å². The first-order valence-electron chi connectivity index (χ1n) is 13.0. The Bertz CT molecular complexity index is 1400. The van der Waals surface area contributed by atoms with Crippen molar-refractivity contribution in [2.24, 2.45) is 0 Å². The molecule has 0 amide bonds. The molecule has 1 N–H and O–H groups in total. The topological polar surface area (TPSA) is 62.1 Å². The summed E-state index contributed by atoms with van der Waals surface area (Å²) in [5.74, 6) is 1.41. The van der Waals surface area contributed by atoms with E-state index in [1.165, 1.54) is 23.4 Å². The van der Waals surface area contributed by atoms with E-state index in [9.17, 15) is 4.39 Å². The summed E-state index contributed by atoms with van der Waals surface area (Å²) < 4.78 is 16.1. The molecule has 0 aliphatic carbocycles. The molecule has 6 rings (SSSR count). The molecular weight excluding hydrogens is 465 g/mol. The number of likely N-dealkylation sites (N-methyl/N-ethyl adjacent to an activating group) is 1. The number of aryl methyl sites for hydroxylation is 1. The molecule has 2 aromatic carbocycles. The number of nitrogens with one attached hydrogen (secondary N) is 1. The predicted molar refractivity (Wildman–Crippen MR) is 145 cm³/mol. The number of para-hydroxylation sites is 1. The summed E-state index contributed by atoms with van der Waals surface area (Å²) in [6.45, 7) is 3.60. The molecule has 1 atom stereocenters. The fourth-order valence-corrected chi connectivity index (χ4v) is 5.52.